The molecule has 0 fully saturated rings. The molecule has 0 saturated heterocycles. The number of nitrogens with two attached hydrogens (primary N) is 1. The second kappa shape index (κ2) is 3.53. The maximum Gasteiger partial charge on any atom is 0.177 e. The molecule has 0 aromatic heterocycles. The molecule has 0 spiro atoms. The first-order valence-corrected chi connectivity index (χ1v) is 5.68. The topological polar surface area (TPSA) is 72.2 Å². The number of rotatable bonds is 2. The van der Waals surface area contributed by atoms with Crippen LogP contribution < -0.4 is 11.3 Å². The van der Waals surface area contributed by atoms with Gasteiger partial charge in [-0.3, -0.25) is 5.84 Å². The van der Waals surface area contributed by atoms with Gasteiger partial charge in [0.1, 0.15) is 0 Å². The first kappa shape index (κ1) is 10.3. The summed E-state index contributed by atoms with van der Waals surface area (Å²) in [6.45, 7) is 0. The number of halogens is 1. The van der Waals surface area contributed by atoms with Crippen molar-refractivity contribution in [2.45, 2.75) is 4.90 Å². The maximum atomic E-state index is 11.2. The van der Waals surface area contributed by atoms with Crippen LogP contribution in [-0.2, 0) is 9.84 Å². The molecule has 0 atom stereocenters. The lowest BCUT2D eigenvalue weighted by molar-refractivity contribution is 0.602. The Kier molecular flexibility index (Phi) is 2.80. The van der Waals surface area contributed by atoms with Crippen LogP contribution >= 0.6 is 11.6 Å². The highest BCUT2D eigenvalue weighted by Gasteiger charge is 2.12. The molecule has 1 aromatic carbocycles. The van der Waals surface area contributed by atoms with Gasteiger partial charge in [0, 0.05) is 11.3 Å². The third-order valence-corrected chi connectivity index (χ3v) is 2.87. The average Bonchev–Trinajstić information content (AvgIpc) is 2.03. The molecule has 0 aliphatic heterocycles. The zero-order valence-electron chi connectivity index (χ0n) is 6.91. The number of hydrazine groups is 1. The van der Waals surface area contributed by atoms with Crippen LogP contribution in [0.5, 0.6) is 0 Å². The number of anilines is 1. The van der Waals surface area contributed by atoms with Gasteiger partial charge in [-0.1, -0.05) is 11.6 Å². The van der Waals surface area contributed by atoms with Gasteiger partial charge >= 0.3 is 0 Å². The number of benzene rings is 1. The highest BCUT2D eigenvalue weighted by molar-refractivity contribution is 7.90. The van der Waals surface area contributed by atoms with Crippen LogP contribution in [-0.4, -0.2) is 14.7 Å². The van der Waals surface area contributed by atoms with E-state index in [1.807, 2.05) is 0 Å². The maximum absolute atomic E-state index is 11.2. The lowest BCUT2D eigenvalue weighted by Crippen LogP contribution is -2.11. The molecule has 0 aliphatic carbocycles. The molecule has 3 N–H and O–H groups in total. The molecule has 0 amide bonds. The van der Waals surface area contributed by atoms with E-state index in [2.05, 4.69) is 5.43 Å². The number of nitrogen functional groups attached to an aromatic ring is 1. The third kappa shape index (κ3) is 2.33. The summed E-state index contributed by atoms with van der Waals surface area (Å²) in [7, 11) is -3.30. The van der Waals surface area contributed by atoms with Crippen molar-refractivity contribution in [1.82, 2.24) is 0 Å². The van der Waals surface area contributed by atoms with Crippen molar-refractivity contribution in [3.05, 3.63) is 23.2 Å². The smallest absolute Gasteiger partial charge is 0.177 e. The van der Waals surface area contributed by atoms with E-state index in [-0.39, 0.29) is 4.90 Å². The Balaban J connectivity index is 3.41. The summed E-state index contributed by atoms with van der Waals surface area (Å²) in [5.41, 5.74) is 2.63. The van der Waals surface area contributed by atoms with Gasteiger partial charge in [-0.05, 0) is 18.2 Å². The van der Waals surface area contributed by atoms with Crippen LogP contribution in [0.3, 0.4) is 0 Å². The lowest BCUT2D eigenvalue weighted by Gasteiger charge is -2.06. The lowest BCUT2D eigenvalue weighted by atomic mass is 10.3. The van der Waals surface area contributed by atoms with Gasteiger partial charge in [0.15, 0.2) is 9.84 Å². The number of hydrogen-bond acceptors (Lipinski definition) is 4. The van der Waals surface area contributed by atoms with E-state index in [0.29, 0.717) is 10.7 Å². The Morgan fingerprint density at radius 1 is 1.46 bits per heavy atom. The van der Waals surface area contributed by atoms with Gasteiger partial charge in [-0.25, -0.2) is 8.42 Å². The molecule has 4 nitrogen and oxygen atoms in total. The zero-order valence-corrected chi connectivity index (χ0v) is 8.48. The van der Waals surface area contributed by atoms with E-state index >= 15 is 0 Å². The Labute approximate surface area is 81.6 Å². The van der Waals surface area contributed by atoms with Crippen molar-refractivity contribution in [1.29, 1.82) is 0 Å². The van der Waals surface area contributed by atoms with Crippen molar-refractivity contribution < 1.29 is 8.42 Å². The third-order valence-electron chi connectivity index (χ3n) is 1.50. The standard InChI is InChI=1S/C7H9ClN2O2S/c1-13(11,12)7-4-5(8)2-3-6(7)10-9/h2-4,10H,9H2,1H3. The van der Waals surface area contributed by atoms with Gasteiger partial charge in [-0.15, -0.1) is 0 Å². The van der Waals surface area contributed by atoms with E-state index in [1.54, 1.807) is 6.07 Å². The Bertz CT molecular complexity index is 417. The minimum absolute atomic E-state index is 0.0995. The monoisotopic (exact) mass is 220 g/mol. The molecule has 72 valence electrons. The average molecular weight is 221 g/mol. The predicted molar refractivity (Wildman–Crippen MR) is 52.4 cm³/mol. The van der Waals surface area contributed by atoms with Crippen molar-refractivity contribution in [2.75, 3.05) is 11.7 Å². The fourth-order valence-corrected chi connectivity index (χ4v) is 2.03. The summed E-state index contributed by atoms with van der Waals surface area (Å²) in [5.74, 6) is 5.14. The Hall–Kier alpha value is -0.780. The molecule has 0 bridgehead atoms. The zero-order chi connectivity index (χ0) is 10.1. The molecule has 0 unspecified atom stereocenters. The Morgan fingerprint density at radius 2 is 2.08 bits per heavy atom. The van der Waals surface area contributed by atoms with Crippen LogP contribution in [0.2, 0.25) is 5.02 Å². The van der Waals surface area contributed by atoms with Crippen LogP contribution in [0, 0.1) is 0 Å². The van der Waals surface area contributed by atoms with Gasteiger partial charge < -0.3 is 5.43 Å². The van der Waals surface area contributed by atoms with Crippen LogP contribution in [0.15, 0.2) is 23.1 Å². The number of nitrogens with one attached hydrogen (secondary N) is 1. The summed E-state index contributed by atoms with van der Waals surface area (Å²) < 4.78 is 22.4. The van der Waals surface area contributed by atoms with Crippen LogP contribution in [0.1, 0.15) is 0 Å². The van der Waals surface area contributed by atoms with E-state index in [9.17, 15) is 8.42 Å². The second-order valence-corrected chi connectivity index (χ2v) is 4.98. The van der Waals surface area contributed by atoms with E-state index < -0.39 is 9.84 Å². The molecular weight excluding hydrogens is 212 g/mol. The number of sulfone groups is 1. The van der Waals surface area contributed by atoms with E-state index in [4.69, 9.17) is 17.4 Å². The minimum atomic E-state index is -3.30. The molecule has 0 saturated carbocycles. The van der Waals surface area contributed by atoms with Gasteiger partial charge in [0.05, 0.1) is 10.6 Å². The molecule has 0 aliphatic rings. The summed E-state index contributed by atoms with van der Waals surface area (Å²) in [5, 5.41) is 0.361. The quantitative estimate of drug-likeness (QED) is 0.577. The normalized spacial score (nSPS) is 11.3. The van der Waals surface area contributed by atoms with Gasteiger partial charge in [-0.2, -0.15) is 0 Å². The van der Waals surface area contributed by atoms with Crippen molar-refractivity contribution >= 4 is 27.1 Å². The predicted octanol–water partition coefficient (Wildman–Crippen LogP) is 1.03. The highest BCUT2D eigenvalue weighted by Crippen LogP contribution is 2.23. The molecule has 0 heterocycles. The Morgan fingerprint density at radius 3 is 2.54 bits per heavy atom. The molecule has 0 radical (unpaired) electrons. The molecule has 13 heavy (non-hydrogen) atoms. The fourth-order valence-electron chi connectivity index (χ4n) is 0.922. The molecule has 1 rings (SSSR count). The molecular formula is C7H9ClN2O2S. The number of hydrogen-bond donors (Lipinski definition) is 2. The largest absolute Gasteiger partial charge is 0.323 e. The highest BCUT2D eigenvalue weighted by atomic mass is 35.5. The van der Waals surface area contributed by atoms with Crippen molar-refractivity contribution in [3.63, 3.8) is 0 Å². The van der Waals surface area contributed by atoms with Crippen LogP contribution in [0.25, 0.3) is 0 Å². The summed E-state index contributed by atoms with van der Waals surface area (Å²) in [4.78, 5) is 0.0995. The summed E-state index contributed by atoms with van der Waals surface area (Å²) >= 11 is 5.65. The van der Waals surface area contributed by atoms with E-state index in [0.717, 1.165) is 6.26 Å². The van der Waals surface area contributed by atoms with Crippen LogP contribution in [0.4, 0.5) is 5.69 Å². The molecule has 6 heteroatoms. The van der Waals surface area contributed by atoms with Gasteiger partial charge in [0.2, 0.25) is 0 Å². The molecule has 1 aromatic rings. The first-order valence-electron chi connectivity index (χ1n) is 3.41. The minimum Gasteiger partial charge on any atom is -0.323 e. The van der Waals surface area contributed by atoms with Crippen molar-refractivity contribution in [3.8, 4) is 0 Å². The first-order chi connectivity index (χ1) is 5.95. The fraction of sp³-hybridized carbons (Fsp3) is 0.143. The van der Waals surface area contributed by atoms with Crippen molar-refractivity contribution in [2.24, 2.45) is 5.84 Å². The SMILES string of the molecule is CS(=O)(=O)c1cc(Cl)ccc1NN. The summed E-state index contributed by atoms with van der Waals surface area (Å²) in [6, 6.07) is 4.43. The van der Waals surface area contributed by atoms with Gasteiger partial charge in [0.25, 0.3) is 0 Å². The summed E-state index contributed by atoms with van der Waals surface area (Å²) in [6.07, 6.45) is 1.10. The van der Waals surface area contributed by atoms with E-state index in [1.165, 1.54) is 12.1 Å². The second-order valence-electron chi connectivity index (χ2n) is 2.56.